The molecule has 2 bridgehead atoms. The first-order valence-corrected chi connectivity index (χ1v) is 9.99. The standard InChI is InChI=1S/C21H26O9/c1-9-3-4-11-6-21(30-19(27)10(11)2)12(5-13(23)15(9)21)8-28-20-18(26)17(25)16(24)14(7-22)29-20/h5,11,14,16-18,20,22,24-26H,2-4,6-8H2,1H3/t11-,14-,16-,17+,18-,20-,21+/m1/s1. The van der Waals surface area contributed by atoms with Crippen LogP contribution in [-0.4, -0.2) is 81.7 Å². The van der Waals surface area contributed by atoms with E-state index in [2.05, 4.69) is 6.58 Å². The number of esters is 1. The number of rotatable bonds is 4. The number of carbonyl (C=O) groups excluding carboxylic acids is 2. The fourth-order valence-electron chi connectivity index (χ4n) is 4.84. The number of hydrogen-bond acceptors (Lipinski definition) is 9. The molecule has 7 atom stereocenters. The van der Waals surface area contributed by atoms with Crippen LogP contribution in [0.5, 0.6) is 0 Å². The van der Waals surface area contributed by atoms with Gasteiger partial charge < -0.3 is 34.6 Å². The average Bonchev–Trinajstić information content (AvgIpc) is 2.89. The lowest BCUT2D eigenvalue weighted by Crippen LogP contribution is -2.59. The topological polar surface area (TPSA) is 143 Å². The molecule has 2 aliphatic carbocycles. The molecule has 0 aromatic carbocycles. The maximum absolute atomic E-state index is 12.8. The second-order valence-corrected chi connectivity index (χ2v) is 8.38. The maximum Gasteiger partial charge on any atom is 0.334 e. The molecule has 0 saturated carbocycles. The zero-order chi connectivity index (χ0) is 21.8. The van der Waals surface area contributed by atoms with E-state index < -0.39 is 48.9 Å². The number of allylic oxidation sites excluding steroid dienone is 2. The lowest BCUT2D eigenvalue weighted by atomic mass is 9.77. The van der Waals surface area contributed by atoms with Gasteiger partial charge in [-0.25, -0.2) is 4.79 Å². The highest BCUT2D eigenvalue weighted by molar-refractivity contribution is 6.12. The molecule has 4 rings (SSSR count). The van der Waals surface area contributed by atoms with Crippen LogP contribution < -0.4 is 0 Å². The van der Waals surface area contributed by atoms with Crippen molar-refractivity contribution in [3.63, 3.8) is 0 Å². The number of carbonyl (C=O) groups is 2. The minimum absolute atomic E-state index is 0.125. The summed E-state index contributed by atoms with van der Waals surface area (Å²) in [5, 5.41) is 39.3. The zero-order valence-corrected chi connectivity index (χ0v) is 16.6. The summed E-state index contributed by atoms with van der Waals surface area (Å²) in [6.45, 7) is 4.90. The summed E-state index contributed by atoms with van der Waals surface area (Å²) in [5.74, 6) is -0.923. The SMILES string of the molecule is C=C1C(=O)O[C@]23C[C@H]1CCC(C)=C2C(=O)C=C3CO[C@@H]1O[C@H](CO)[C@@H](O)[C@H](O)[C@H]1O. The van der Waals surface area contributed by atoms with Gasteiger partial charge in [-0.1, -0.05) is 12.2 Å². The largest absolute Gasteiger partial charge is 0.446 e. The summed E-state index contributed by atoms with van der Waals surface area (Å²) in [6, 6.07) is 0. The fourth-order valence-corrected chi connectivity index (χ4v) is 4.84. The van der Waals surface area contributed by atoms with Crippen molar-refractivity contribution in [3.8, 4) is 0 Å². The molecule has 9 heteroatoms. The Balaban J connectivity index is 1.59. The van der Waals surface area contributed by atoms with Crippen molar-refractivity contribution in [1.29, 1.82) is 0 Å². The molecule has 2 heterocycles. The first-order valence-electron chi connectivity index (χ1n) is 9.99. The monoisotopic (exact) mass is 422 g/mol. The molecular formula is C21H26O9. The normalized spacial score (nSPS) is 41.4. The first kappa shape index (κ1) is 21.4. The van der Waals surface area contributed by atoms with E-state index in [9.17, 15) is 30.0 Å². The number of ketones is 1. The van der Waals surface area contributed by atoms with Crippen molar-refractivity contribution in [1.82, 2.24) is 0 Å². The van der Waals surface area contributed by atoms with E-state index in [4.69, 9.17) is 14.2 Å². The molecule has 4 N–H and O–H groups in total. The quantitative estimate of drug-likeness (QED) is 0.341. The number of aliphatic hydroxyl groups excluding tert-OH is 4. The fraction of sp³-hybridized carbons (Fsp3) is 0.619. The van der Waals surface area contributed by atoms with E-state index in [1.165, 1.54) is 6.08 Å². The Morgan fingerprint density at radius 1 is 1.23 bits per heavy atom. The molecule has 9 nitrogen and oxygen atoms in total. The minimum atomic E-state index is -1.57. The highest BCUT2D eigenvalue weighted by Gasteiger charge is 2.56. The second-order valence-electron chi connectivity index (χ2n) is 8.38. The summed E-state index contributed by atoms with van der Waals surface area (Å²) in [6.07, 6.45) is -3.98. The molecule has 0 unspecified atom stereocenters. The first-order chi connectivity index (χ1) is 14.2. The van der Waals surface area contributed by atoms with Crippen molar-refractivity contribution in [2.75, 3.05) is 13.2 Å². The van der Waals surface area contributed by atoms with Crippen LogP contribution in [-0.2, 0) is 23.8 Å². The lowest BCUT2D eigenvalue weighted by Gasteiger charge is -2.42. The Hall–Kier alpha value is -1.88. The molecule has 1 spiro atoms. The Bertz CT molecular complexity index is 841. The van der Waals surface area contributed by atoms with Crippen molar-refractivity contribution in [2.45, 2.75) is 62.5 Å². The van der Waals surface area contributed by atoms with Crippen molar-refractivity contribution in [2.24, 2.45) is 5.92 Å². The Morgan fingerprint density at radius 2 is 1.97 bits per heavy atom. The van der Waals surface area contributed by atoms with Crippen LogP contribution in [0.15, 0.2) is 34.9 Å². The van der Waals surface area contributed by atoms with Crippen LogP contribution in [0.3, 0.4) is 0 Å². The smallest absolute Gasteiger partial charge is 0.334 e. The lowest BCUT2D eigenvalue weighted by molar-refractivity contribution is -0.299. The van der Waals surface area contributed by atoms with Crippen LogP contribution in [0.25, 0.3) is 0 Å². The van der Waals surface area contributed by atoms with E-state index in [-0.39, 0.29) is 18.3 Å². The molecule has 2 saturated heterocycles. The van der Waals surface area contributed by atoms with Gasteiger partial charge in [-0.2, -0.15) is 0 Å². The summed E-state index contributed by atoms with van der Waals surface area (Å²) in [7, 11) is 0. The average molecular weight is 422 g/mol. The Labute approximate surface area is 173 Å². The van der Waals surface area contributed by atoms with E-state index in [1.54, 1.807) is 0 Å². The molecule has 4 aliphatic rings. The van der Waals surface area contributed by atoms with Crippen LogP contribution >= 0.6 is 0 Å². The predicted molar refractivity (Wildman–Crippen MR) is 101 cm³/mol. The highest BCUT2D eigenvalue weighted by atomic mass is 16.7. The van der Waals surface area contributed by atoms with Gasteiger partial charge in [0.1, 0.15) is 24.4 Å². The third-order valence-corrected chi connectivity index (χ3v) is 6.58. The van der Waals surface area contributed by atoms with E-state index in [1.807, 2.05) is 6.92 Å². The molecule has 164 valence electrons. The second kappa shape index (κ2) is 7.67. The maximum atomic E-state index is 12.8. The number of aliphatic hydroxyl groups is 4. The van der Waals surface area contributed by atoms with Gasteiger partial charge in [0, 0.05) is 23.1 Å². The van der Waals surface area contributed by atoms with E-state index in [0.717, 1.165) is 5.57 Å². The van der Waals surface area contributed by atoms with Gasteiger partial charge in [0.25, 0.3) is 0 Å². The highest BCUT2D eigenvalue weighted by Crippen LogP contribution is 2.51. The summed E-state index contributed by atoms with van der Waals surface area (Å²) in [5.41, 5.74) is 0.867. The summed E-state index contributed by atoms with van der Waals surface area (Å²) in [4.78, 5) is 25.3. The van der Waals surface area contributed by atoms with Gasteiger partial charge in [-0.3, -0.25) is 4.79 Å². The number of hydrogen-bond donors (Lipinski definition) is 4. The Morgan fingerprint density at radius 3 is 2.67 bits per heavy atom. The van der Waals surface area contributed by atoms with E-state index in [0.29, 0.717) is 36.0 Å². The molecule has 2 fully saturated rings. The van der Waals surface area contributed by atoms with Gasteiger partial charge in [-0.05, 0) is 31.8 Å². The minimum Gasteiger partial charge on any atom is -0.446 e. The summed E-state index contributed by atoms with van der Waals surface area (Å²) < 4.78 is 16.8. The zero-order valence-electron chi connectivity index (χ0n) is 16.6. The predicted octanol–water partition coefficient (Wildman–Crippen LogP) is -0.720. The molecule has 0 radical (unpaired) electrons. The van der Waals surface area contributed by atoms with E-state index >= 15 is 0 Å². The van der Waals surface area contributed by atoms with Crippen LogP contribution in [0.2, 0.25) is 0 Å². The molecule has 0 amide bonds. The van der Waals surface area contributed by atoms with Crippen molar-refractivity contribution >= 4 is 11.8 Å². The Kier molecular flexibility index (Phi) is 5.46. The van der Waals surface area contributed by atoms with Gasteiger partial charge in [0.2, 0.25) is 0 Å². The number of ether oxygens (including phenoxy) is 3. The molecule has 30 heavy (non-hydrogen) atoms. The van der Waals surface area contributed by atoms with Crippen molar-refractivity contribution in [3.05, 3.63) is 34.9 Å². The molecule has 2 aliphatic heterocycles. The third kappa shape index (κ3) is 3.17. The third-order valence-electron chi connectivity index (χ3n) is 6.58. The molecule has 0 aromatic rings. The van der Waals surface area contributed by atoms with Gasteiger partial charge in [-0.15, -0.1) is 0 Å². The van der Waals surface area contributed by atoms with Crippen LogP contribution in [0, 0.1) is 5.92 Å². The van der Waals surface area contributed by atoms with Gasteiger partial charge >= 0.3 is 5.97 Å². The van der Waals surface area contributed by atoms with Gasteiger partial charge in [0.05, 0.1) is 13.2 Å². The molecule has 0 aromatic heterocycles. The molecular weight excluding hydrogens is 396 g/mol. The van der Waals surface area contributed by atoms with Gasteiger partial charge in [0.15, 0.2) is 17.7 Å². The van der Waals surface area contributed by atoms with Crippen LogP contribution in [0.4, 0.5) is 0 Å². The van der Waals surface area contributed by atoms with Crippen LogP contribution in [0.1, 0.15) is 26.2 Å². The van der Waals surface area contributed by atoms with Crippen molar-refractivity contribution < 1.29 is 44.2 Å². The summed E-state index contributed by atoms with van der Waals surface area (Å²) >= 11 is 0. The number of fused-ring (bicyclic) bond motifs is 1.